The summed E-state index contributed by atoms with van der Waals surface area (Å²) in [6.07, 6.45) is 5.67. The van der Waals surface area contributed by atoms with E-state index >= 15 is 0 Å². The molecule has 0 bridgehead atoms. The molecule has 0 aliphatic carbocycles. The van der Waals surface area contributed by atoms with Crippen molar-refractivity contribution in [1.29, 1.82) is 0 Å². The van der Waals surface area contributed by atoms with Gasteiger partial charge in [-0.25, -0.2) is 4.98 Å². The quantitative estimate of drug-likeness (QED) is 0.848. The molecule has 2 aromatic rings. The molecule has 1 aliphatic rings. The maximum Gasteiger partial charge on any atom is 0.107 e. The fourth-order valence-corrected chi connectivity index (χ4v) is 2.79. The summed E-state index contributed by atoms with van der Waals surface area (Å²) in [4.78, 5) is 10.9. The first-order valence-corrected chi connectivity index (χ1v) is 6.92. The average molecular weight is 261 g/mol. The first-order valence-electron chi connectivity index (χ1n) is 6.04. The third kappa shape index (κ3) is 2.75. The van der Waals surface area contributed by atoms with Crippen LogP contribution in [-0.4, -0.2) is 34.6 Å². The van der Waals surface area contributed by atoms with E-state index in [0.29, 0.717) is 0 Å². The third-order valence-corrected chi connectivity index (χ3v) is 3.81. The number of rotatable bonds is 3. The lowest BCUT2D eigenvalue weighted by atomic mass is 10.1. The summed E-state index contributed by atoms with van der Waals surface area (Å²) in [7, 11) is 0. The van der Waals surface area contributed by atoms with Crippen LogP contribution in [0.4, 0.5) is 0 Å². The second kappa shape index (κ2) is 5.56. The lowest BCUT2D eigenvalue weighted by molar-refractivity contribution is -0.0330. The molecule has 3 heterocycles. The van der Waals surface area contributed by atoms with Crippen LogP contribution < -0.4 is 0 Å². The molecule has 0 amide bonds. The van der Waals surface area contributed by atoms with Crippen LogP contribution in [-0.2, 0) is 11.3 Å². The normalized spacial score (nSPS) is 21.0. The Morgan fingerprint density at radius 3 is 3.22 bits per heavy atom. The molecule has 18 heavy (non-hydrogen) atoms. The van der Waals surface area contributed by atoms with E-state index < -0.39 is 0 Å². The minimum Gasteiger partial charge on any atom is -0.371 e. The lowest BCUT2D eigenvalue weighted by Gasteiger charge is -2.32. The number of ether oxygens (including phenoxy) is 1. The molecule has 1 saturated heterocycles. The van der Waals surface area contributed by atoms with Crippen molar-refractivity contribution in [3.63, 3.8) is 0 Å². The van der Waals surface area contributed by atoms with Crippen molar-refractivity contribution in [2.24, 2.45) is 0 Å². The van der Waals surface area contributed by atoms with Gasteiger partial charge in [0.05, 0.1) is 19.3 Å². The molecule has 0 spiro atoms. The summed E-state index contributed by atoms with van der Waals surface area (Å²) in [6, 6.07) is 4.03. The Bertz CT molecular complexity index is 474. The van der Waals surface area contributed by atoms with Gasteiger partial charge in [-0.15, -0.1) is 11.3 Å². The number of hydrogen-bond acceptors (Lipinski definition) is 5. The molecule has 2 aromatic heterocycles. The maximum atomic E-state index is 5.81. The molecule has 1 atom stereocenters. The van der Waals surface area contributed by atoms with E-state index in [1.807, 2.05) is 23.8 Å². The Labute approximate surface area is 110 Å². The van der Waals surface area contributed by atoms with Gasteiger partial charge in [-0.3, -0.25) is 9.88 Å². The molecule has 3 rings (SSSR count). The van der Waals surface area contributed by atoms with Crippen LogP contribution in [0.25, 0.3) is 0 Å². The highest BCUT2D eigenvalue weighted by Gasteiger charge is 2.22. The van der Waals surface area contributed by atoms with Crippen LogP contribution in [0.3, 0.4) is 0 Å². The molecule has 94 valence electrons. The molecule has 0 aromatic carbocycles. The zero-order valence-corrected chi connectivity index (χ0v) is 10.8. The fraction of sp³-hybridized carbons (Fsp3) is 0.385. The molecule has 1 aliphatic heterocycles. The second-order valence-corrected chi connectivity index (χ2v) is 5.29. The van der Waals surface area contributed by atoms with E-state index in [2.05, 4.69) is 20.9 Å². The van der Waals surface area contributed by atoms with E-state index in [1.54, 1.807) is 17.5 Å². The molecule has 0 radical (unpaired) electrons. The standard InChI is InChI=1S/C13H15N3OS/c1-2-11(8-14-3-1)12-9-16(5-6-17-12)10-13-15-4-7-18-13/h1-4,7-8,12H,5-6,9-10H2/t12-/m0/s1. The monoisotopic (exact) mass is 261 g/mol. The fourth-order valence-electron chi connectivity index (χ4n) is 2.14. The predicted octanol–water partition coefficient (Wildman–Crippen LogP) is 2.11. The van der Waals surface area contributed by atoms with E-state index in [0.717, 1.165) is 31.8 Å². The van der Waals surface area contributed by atoms with Crippen molar-refractivity contribution >= 4 is 11.3 Å². The van der Waals surface area contributed by atoms with Gasteiger partial charge in [0.25, 0.3) is 0 Å². The SMILES string of the molecule is c1cncc([C@@H]2CN(Cc3nccs3)CCO2)c1. The smallest absolute Gasteiger partial charge is 0.107 e. The molecular weight excluding hydrogens is 246 g/mol. The van der Waals surface area contributed by atoms with Gasteiger partial charge < -0.3 is 4.74 Å². The number of pyridine rings is 1. The summed E-state index contributed by atoms with van der Waals surface area (Å²) in [5.74, 6) is 0. The summed E-state index contributed by atoms with van der Waals surface area (Å²) in [5.41, 5.74) is 1.15. The summed E-state index contributed by atoms with van der Waals surface area (Å²) >= 11 is 1.71. The third-order valence-electron chi connectivity index (χ3n) is 3.05. The first kappa shape index (κ1) is 11.8. The highest BCUT2D eigenvalue weighted by atomic mass is 32.1. The Kier molecular flexibility index (Phi) is 3.64. The Balaban J connectivity index is 1.65. The van der Waals surface area contributed by atoms with Gasteiger partial charge in [-0.05, 0) is 6.07 Å². The number of morpholine rings is 1. The van der Waals surface area contributed by atoms with Gasteiger partial charge in [-0.1, -0.05) is 6.07 Å². The molecular formula is C13H15N3OS. The van der Waals surface area contributed by atoms with Crippen LogP contribution in [0, 0.1) is 0 Å². The van der Waals surface area contributed by atoms with Crippen LogP contribution in [0.5, 0.6) is 0 Å². The van der Waals surface area contributed by atoms with Crippen LogP contribution in [0.1, 0.15) is 16.7 Å². The predicted molar refractivity (Wildman–Crippen MR) is 70.3 cm³/mol. The van der Waals surface area contributed by atoms with E-state index in [9.17, 15) is 0 Å². The van der Waals surface area contributed by atoms with Gasteiger partial charge in [-0.2, -0.15) is 0 Å². The first-order chi connectivity index (χ1) is 8.92. The van der Waals surface area contributed by atoms with Crippen molar-refractivity contribution in [3.8, 4) is 0 Å². The molecule has 1 fully saturated rings. The van der Waals surface area contributed by atoms with Crippen molar-refractivity contribution in [1.82, 2.24) is 14.9 Å². The average Bonchev–Trinajstić information content (AvgIpc) is 2.93. The maximum absolute atomic E-state index is 5.81. The van der Waals surface area contributed by atoms with E-state index in [1.165, 1.54) is 5.01 Å². The van der Waals surface area contributed by atoms with E-state index in [4.69, 9.17) is 4.74 Å². The Hall–Kier alpha value is -1.30. The zero-order valence-electron chi connectivity index (χ0n) is 10.0. The second-order valence-electron chi connectivity index (χ2n) is 4.31. The summed E-state index contributed by atoms with van der Waals surface area (Å²) in [5, 5.41) is 3.19. The van der Waals surface area contributed by atoms with Crippen LogP contribution in [0.15, 0.2) is 36.1 Å². The molecule has 5 heteroatoms. The molecule has 0 unspecified atom stereocenters. The number of aromatic nitrogens is 2. The van der Waals surface area contributed by atoms with Gasteiger partial charge in [0, 0.05) is 42.6 Å². The van der Waals surface area contributed by atoms with Gasteiger partial charge in [0.1, 0.15) is 5.01 Å². The van der Waals surface area contributed by atoms with Crippen molar-refractivity contribution in [2.75, 3.05) is 19.7 Å². The highest BCUT2D eigenvalue weighted by molar-refractivity contribution is 7.09. The summed E-state index contributed by atoms with van der Waals surface area (Å²) in [6.45, 7) is 3.56. The van der Waals surface area contributed by atoms with Crippen LogP contribution >= 0.6 is 11.3 Å². The minimum atomic E-state index is 0.132. The van der Waals surface area contributed by atoms with Crippen molar-refractivity contribution < 1.29 is 4.74 Å². The topological polar surface area (TPSA) is 38.2 Å². The largest absolute Gasteiger partial charge is 0.371 e. The highest BCUT2D eigenvalue weighted by Crippen LogP contribution is 2.22. The minimum absolute atomic E-state index is 0.132. The van der Waals surface area contributed by atoms with Crippen molar-refractivity contribution in [2.45, 2.75) is 12.6 Å². The molecule has 4 nitrogen and oxygen atoms in total. The van der Waals surface area contributed by atoms with Crippen LogP contribution in [0.2, 0.25) is 0 Å². The number of nitrogens with zero attached hydrogens (tertiary/aromatic N) is 3. The molecule has 0 N–H and O–H groups in total. The Morgan fingerprint density at radius 2 is 2.44 bits per heavy atom. The Morgan fingerprint density at radius 1 is 1.44 bits per heavy atom. The number of thiazole rings is 1. The zero-order chi connectivity index (χ0) is 12.2. The van der Waals surface area contributed by atoms with Gasteiger partial charge >= 0.3 is 0 Å². The summed E-state index contributed by atoms with van der Waals surface area (Å²) < 4.78 is 5.81. The van der Waals surface area contributed by atoms with E-state index in [-0.39, 0.29) is 6.10 Å². The van der Waals surface area contributed by atoms with Gasteiger partial charge in [0.2, 0.25) is 0 Å². The number of hydrogen-bond donors (Lipinski definition) is 0. The lowest BCUT2D eigenvalue weighted by Crippen LogP contribution is -2.37. The van der Waals surface area contributed by atoms with Crippen molar-refractivity contribution in [3.05, 3.63) is 46.7 Å². The van der Waals surface area contributed by atoms with Gasteiger partial charge in [0.15, 0.2) is 0 Å². The molecule has 0 saturated carbocycles.